The van der Waals surface area contributed by atoms with Gasteiger partial charge in [0, 0.05) is 19.8 Å². The normalized spacial score (nSPS) is 10.7. The summed E-state index contributed by atoms with van der Waals surface area (Å²) in [6.45, 7) is 0. The van der Waals surface area contributed by atoms with E-state index in [1.807, 2.05) is 19.0 Å². The average molecular weight is 241 g/mol. The Hall–Kier alpha value is -1.75. The lowest BCUT2D eigenvalue weighted by molar-refractivity contribution is 0.460. The van der Waals surface area contributed by atoms with Crippen molar-refractivity contribution in [1.82, 2.24) is 4.98 Å². The van der Waals surface area contributed by atoms with E-state index in [0.29, 0.717) is 5.52 Å². The van der Waals surface area contributed by atoms with Gasteiger partial charge < -0.3 is 9.32 Å². The van der Waals surface area contributed by atoms with Crippen LogP contribution < -0.4 is 16.3 Å². The molecule has 0 aliphatic heterocycles. The van der Waals surface area contributed by atoms with Crippen molar-refractivity contribution >= 4 is 28.2 Å². The number of rotatable bonds is 1. The summed E-state index contributed by atoms with van der Waals surface area (Å²) in [4.78, 5) is 26.7. The molecule has 1 N–H and O–H groups in total. The van der Waals surface area contributed by atoms with Gasteiger partial charge in [-0.25, -0.2) is 9.59 Å². The highest BCUT2D eigenvalue weighted by Gasteiger charge is 2.09. The van der Waals surface area contributed by atoms with Gasteiger partial charge in [-0.3, -0.25) is 4.98 Å². The second-order valence-corrected chi connectivity index (χ2v) is 3.95. The molecule has 6 heteroatoms. The van der Waals surface area contributed by atoms with Gasteiger partial charge in [0.25, 0.3) is 0 Å². The molecule has 1 aromatic heterocycles. The quantitative estimate of drug-likeness (QED) is 0.814. The molecule has 0 unspecified atom stereocenters. The van der Waals surface area contributed by atoms with Crippen LogP contribution >= 0.6 is 11.6 Å². The maximum atomic E-state index is 11.4. The molecule has 2 aromatic rings. The molecule has 0 bridgehead atoms. The molecule has 5 nitrogen and oxygen atoms in total. The molecule has 2 rings (SSSR count). The van der Waals surface area contributed by atoms with Gasteiger partial charge in [0.15, 0.2) is 0 Å². The van der Waals surface area contributed by atoms with E-state index in [1.54, 1.807) is 12.1 Å². The third-order valence-electron chi connectivity index (χ3n) is 2.22. The van der Waals surface area contributed by atoms with Crippen LogP contribution in [0.1, 0.15) is 0 Å². The van der Waals surface area contributed by atoms with E-state index >= 15 is 0 Å². The minimum absolute atomic E-state index is 0.187. The van der Waals surface area contributed by atoms with E-state index in [-0.39, 0.29) is 10.4 Å². The number of nitrogens with zero attached hydrogens (tertiary/aromatic N) is 1. The zero-order valence-electron chi connectivity index (χ0n) is 8.70. The van der Waals surface area contributed by atoms with Gasteiger partial charge in [0.05, 0.1) is 10.5 Å². The zero-order valence-corrected chi connectivity index (χ0v) is 9.46. The van der Waals surface area contributed by atoms with Crippen LogP contribution in [0.3, 0.4) is 0 Å². The van der Waals surface area contributed by atoms with E-state index in [9.17, 15) is 9.59 Å². The summed E-state index contributed by atoms with van der Waals surface area (Å²) < 4.78 is 4.41. The third-order valence-corrected chi connectivity index (χ3v) is 2.52. The summed E-state index contributed by atoms with van der Waals surface area (Å²) >= 11 is 5.96. The fourth-order valence-electron chi connectivity index (χ4n) is 1.43. The number of halogens is 1. The molecule has 1 aromatic carbocycles. The van der Waals surface area contributed by atoms with Crippen LogP contribution in [0.15, 0.2) is 26.1 Å². The molecular weight excluding hydrogens is 232 g/mol. The lowest BCUT2D eigenvalue weighted by Crippen LogP contribution is -2.16. The molecule has 0 radical (unpaired) electrons. The molecule has 0 saturated carbocycles. The van der Waals surface area contributed by atoms with E-state index < -0.39 is 11.4 Å². The molecule has 0 atom stereocenters. The Bertz CT molecular complexity index is 657. The minimum atomic E-state index is -0.788. The van der Waals surface area contributed by atoms with Crippen LogP contribution in [-0.2, 0) is 0 Å². The van der Waals surface area contributed by atoms with Crippen molar-refractivity contribution in [1.29, 1.82) is 0 Å². The standard InChI is InChI=1S/C10H9ClN2O3/c1-13(2)5-3-6(11)8-7(4-5)12-10(15)16-9(8)14/h3-4H,1-2H3,(H,12,15). The largest absolute Gasteiger partial charge is 0.419 e. The average Bonchev–Trinajstić information content (AvgIpc) is 2.15. The van der Waals surface area contributed by atoms with Crippen molar-refractivity contribution in [2.75, 3.05) is 19.0 Å². The number of anilines is 1. The molecule has 0 saturated heterocycles. The molecule has 0 aliphatic rings. The van der Waals surface area contributed by atoms with Gasteiger partial charge in [0.2, 0.25) is 0 Å². The summed E-state index contributed by atoms with van der Waals surface area (Å²) in [6.07, 6.45) is 0. The molecular formula is C10H9ClN2O3. The molecule has 0 spiro atoms. The van der Waals surface area contributed by atoms with Crippen LogP contribution in [-0.4, -0.2) is 19.1 Å². The van der Waals surface area contributed by atoms with Gasteiger partial charge in [-0.1, -0.05) is 11.6 Å². The van der Waals surface area contributed by atoms with Crippen molar-refractivity contribution in [3.8, 4) is 0 Å². The highest BCUT2D eigenvalue weighted by atomic mass is 35.5. The summed E-state index contributed by atoms with van der Waals surface area (Å²) in [7, 11) is 3.67. The highest BCUT2D eigenvalue weighted by molar-refractivity contribution is 6.35. The van der Waals surface area contributed by atoms with Gasteiger partial charge in [-0.05, 0) is 12.1 Å². The maximum absolute atomic E-state index is 11.4. The zero-order chi connectivity index (χ0) is 11.9. The second kappa shape index (κ2) is 3.68. The number of fused-ring (bicyclic) bond motifs is 1. The van der Waals surface area contributed by atoms with Crippen LogP contribution in [0.4, 0.5) is 5.69 Å². The Morgan fingerprint density at radius 2 is 2.00 bits per heavy atom. The molecule has 0 aliphatic carbocycles. The summed E-state index contributed by atoms with van der Waals surface area (Å²) in [5.74, 6) is -0.788. The number of nitrogens with one attached hydrogen (secondary N) is 1. The highest BCUT2D eigenvalue weighted by Crippen LogP contribution is 2.24. The fourth-order valence-corrected chi connectivity index (χ4v) is 1.72. The van der Waals surface area contributed by atoms with E-state index in [1.165, 1.54) is 0 Å². The summed E-state index contributed by atoms with van der Waals surface area (Å²) in [6, 6.07) is 3.30. The second-order valence-electron chi connectivity index (χ2n) is 3.55. The number of aromatic amines is 1. The monoisotopic (exact) mass is 240 g/mol. The lowest BCUT2D eigenvalue weighted by Gasteiger charge is -2.13. The third kappa shape index (κ3) is 1.69. The van der Waals surface area contributed by atoms with Crippen LogP contribution in [0, 0.1) is 0 Å². The SMILES string of the molecule is CN(C)c1cc(Cl)c2c(=O)oc(=O)[nH]c2c1. The first kappa shape index (κ1) is 10.8. The van der Waals surface area contributed by atoms with E-state index in [0.717, 1.165) is 5.69 Å². The van der Waals surface area contributed by atoms with Crippen molar-refractivity contribution in [3.05, 3.63) is 38.1 Å². The predicted octanol–water partition coefficient (Wildman–Crippen LogP) is 1.20. The van der Waals surface area contributed by atoms with Gasteiger partial charge in [-0.2, -0.15) is 0 Å². The molecule has 16 heavy (non-hydrogen) atoms. The molecule has 0 fully saturated rings. The fraction of sp³-hybridized carbons (Fsp3) is 0.200. The van der Waals surface area contributed by atoms with Gasteiger partial charge in [0.1, 0.15) is 5.39 Å². The smallest absolute Gasteiger partial charge is 0.378 e. The number of H-pyrrole nitrogens is 1. The topological polar surface area (TPSA) is 66.3 Å². The van der Waals surface area contributed by atoms with Crippen LogP contribution in [0.5, 0.6) is 0 Å². The van der Waals surface area contributed by atoms with Crippen molar-refractivity contribution in [2.45, 2.75) is 0 Å². The first-order chi connectivity index (χ1) is 7.49. The van der Waals surface area contributed by atoms with Crippen LogP contribution in [0.2, 0.25) is 5.02 Å². The van der Waals surface area contributed by atoms with E-state index in [4.69, 9.17) is 11.6 Å². The molecule has 0 amide bonds. The molecule has 84 valence electrons. The first-order valence-electron chi connectivity index (χ1n) is 4.53. The van der Waals surface area contributed by atoms with Crippen LogP contribution in [0.25, 0.3) is 10.9 Å². The number of hydrogen-bond donors (Lipinski definition) is 1. The van der Waals surface area contributed by atoms with Gasteiger partial charge >= 0.3 is 11.4 Å². The van der Waals surface area contributed by atoms with Crippen molar-refractivity contribution < 1.29 is 4.42 Å². The number of aromatic nitrogens is 1. The summed E-state index contributed by atoms with van der Waals surface area (Å²) in [5.41, 5.74) is 0.435. The van der Waals surface area contributed by atoms with E-state index in [2.05, 4.69) is 9.40 Å². The Balaban J connectivity index is 2.93. The lowest BCUT2D eigenvalue weighted by atomic mass is 10.2. The minimum Gasteiger partial charge on any atom is -0.378 e. The predicted molar refractivity (Wildman–Crippen MR) is 62.4 cm³/mol. The Morgan fingerprint density at radius 1 is 1.31 bits per heavy atom. The Labute approximate surface area is 95.3 Å². The summed E-state index contributed by atoms with van der Waals surface area (Å²) in [5, 5.41) is 0.443. The Morgan fingerprint density at radius 3 is 2.62 bits per heavy atom. The Kier molecular flexibility index (Phi) is 2.47. The maximum Gasteiger partial charge on any atom is 0.419 e. The van der Waals surface area contributed by atoms with Crippen molar-refractivity contribution in [2.24, 2.45) is 0 Å². The first-order valence-corrected chi connectivity index (χ1v) is 4.91. The number of benzene rings is 1. The molecule has 1 heterocycles. The number of hydrogen-bond acceptors (Lipinski definition) is 4. The van der Waals surface area contributed by atoms with Gasteiger partial charge in [-0.15, -0.1) is 0 Å². The van der Waals surface area contributed by atoms with Crippen molar-refractivity contribution in [3.63, 3.8) is 0 Å².